The van der Waals surface area contributed by atoms with E-state index in [0.717, 1.165) is 32.6 Å². The third-order valence-electron chi connectivity index (χ3n) is 2.15. The van der Waals surface area contributed by atoms with Crippen molar-refractivity contribution in [3.63, 3.8) is 0 Å². The van der Waals surface area contributed by atoms with Crippen LogP contribution in [0.25, 0.3) is 0 Å². The molecule has 0 radical (unpaired) electrons. The highest BCUT2D eigenvalue weighted by Gasteiger charge is 2.02. The molecule has 1 N–H and O–H groups in total. The molecule has 0 rings (SSSR count). The third kappa shape index (κ3) is 8.03. The zero-order valence-corrected chi connectivity index (χ0v) is 9.38. The molecular weight excluding hydrogens is 176 g/mol. The number of ether oxygens (including phenoxy) is 1. The van der Waals surface area contributed by atoms with Gasteiger partial charge in [-0.1, -0.05) is 20.3 Å². The minimum absolute atomic E-state index is 0.328. The van der Waals surface area contributed by atoms with Crippen molar-refractivity contribution < 1.29 is 4.74 Å². The first-order valence-electron chi connectivity index (χ1n) is 5.53. The van der Waals surface area contributed by atoms with Gasteiger partial charge in [0.1, 0.15) is 0 Å². The molecule has 0 aromatic rings. The van der Waals surface area contributed by atoms with Crippen molar-refractivity contribution in [3.05, 3.63) is 0 Å². The Bertz CT molecular complexity index is 154. The van der Waals surface area contributed by atoms with Crippen LogP contribution < -0.4 is 5.32 Å². The summed E-state index contributed by atoms with van der Waals surface area (Å²) >= 11 is 0. The second-order valence-corrected chi connectivity index (χ2v) is 3.39. The monoisotopic (exact) mass is 198 g/mol. The fraction of sp³-hybridized carbons (Fsp3) is 0.909. The van der Waals surface area contributed by atoms with Gasteiger partial charge in [0.15, 0.2) is 0 Å². The van der Waals surface area contributed by atoms with Crippen molar-refractivity contribution in [1.82, 2.24) is 5.32 Å². The molecule has 0 aromatic carbocycles. The average Bonchev–Trinajstić information content (AvgIpc) is 2.21. The Balaban J connectivity index is 3.21. The summed E-state index contributed by atoms with van der Waals surface area (Å²) in [7, 11) is 0. The lowest BCUT2D eigenvalue weighted by Gasteiger charge is -2.13. The maximum Gasteiger partial charge on any atom is 0.0638 e. The summed E-state index contributed by atoms with van der Waals surface area (Å²) in [6.45, 7) is 6.70. The summed E-state index contributed by atoms with van der Waals surface area (Å²) in [5.41, 5.74) is 0. The van der Waals surface area contributed by atoms with Crippen molar-refractivity contribution in [1.29, 1.82) is 5.26 Å². The molecule has 0 saturated carbocycles. The number of unbranched alkanes of at least 4 members (excludes halogenated alkanes) is 1. The fourth-order valence-electron chi connectivity index (χ4n) is 1.15. The maximum atomic E-state index is 8.52. The lowest BCUT2D eigenvalue weighted by Crippen LogP contribution is -2.31. The molecule has 0 aromatic heterocycles. The van der Waals surface area contributed by atoms with Crippen LogP contribution in [0.2, 0.25) is 0 Å². The van der Waals surface area contributed by atoms with E-state index in [1.54, 1.807) is 0 Å². The molecular formula is C11H22N2O. The number of rotatable bonds is 9. The van der Waals surface area contributed by atoms with E-state index in [9.17, 15) is 0 Å². The van der Waals surface area contributed by atoms with E-state index in [4.69, 9.17) is 10.00 Å². The van der Waals surface area contributed by atoms with Crippen molar-refractivity contribution in [2.24, 2.45) is 0 Å². The second kappa shape index (κ2) is 10.5. The molecule has 1 unspecified atom stereocenters. The first-order valence-corrected chi connectivity index (χ1v) is 5.53. The Kier molecular flexibility index (Phi) is 10.0. The van der Waals surface area contributed by atoms with Gasteiger partial charge < -0.3 is 10.1 Å². The molecule has 0 aliphatic carbocycles. The van der Waals surface area contributed by atoms with Crippen molar-refractivity contribution in [2.75, 3.05) is 19.8 Å². The molecule has 82 valence electrons. The molecule has 3 nitrogen and oxygen atoms in total. The van der Waals surface area contributed by atoms with Crippen LogP contribution in [0, 0.1) is 11.3 Å². The summed E-state index contributed by atoms with van der Waals surface area (Å²) in [5, 5.41) is 11.8. The Morgan fingerprint density at radius 2 is 2.14 bits per heavy atom. The van der Waals surface area contributed by atoms with E-state index in [1.807, 2.05) is 0 Å². The van der Waals surface area contributed by atoms with Gasteiger partial charge in [0, 0.05) is 19.2 Å². The summed E-state index contributed by atoms with van der Waals surface area (Å²) in [4.78, 5) is 0. The first kappa shape index (κ1) is 13.4. The molecule has 1 atom stereocenters. The van der Waals surface area contributed by atoms with Gasteiger partial charge in [-0.05, 0) is 12.8 Å². The highest BCUT2D eigenvalue weighted by molar-refractivity contribution is 4.79. The standard InChI is InChI=1S/C11H22N2O/c1-3-5-9-14-10-8-13-11(4-2)6-7-12/h11,13H,3-6,8-10H2,1-2H3. The van der Waals surface area contributed by atoms with E-state index in [-0.39, 0.29) is 0 Å². The number of nitriles is 1. The van der Waals surface area contributed by atoms with Gasteiger partial charge in [-0.15, -0.1) is 0 Å². The average molecular weight is 198 g/mol. The molecule has 0 saturated heterocycles. The molecule has 0 fully saturated rings. The summed E-state index contributed by atoms with van der Waals surface area (Å²) in [6, 6.07) is 2.51. The van der Waals surface area contributed by atoms with Crippen LogP contribution in [-0.4, -0.2) is 25.8 Å². The van der Waals surface area contributed by atoms with Crippen molar-refractivity contribution >= 4 is 0 Å². The Morgan fingerprint density at radius 3 is 2.71 bits per heavy atom. The van der Waals surface area contributed by atoms with E-state index in [0.29, 0.717) is 12.5 Å². The molecule has 0 aliphatic rings. The molecule has 0 spiro atoms. The number of hydrogen-bond acceptors (Lipinski definition) is 3. The second-order valence-electron chi connectivity index (χ2n) is 3.39. The largest absolute Gasteiger partial charge is 0.380 e. The maximum absolute atomic E-state index is 8.52. The van der Waals surface area contributed by atoms with Crippen LogP contribution in [0.1, 0.15) is 39.5 Å². The number of nitrogens with one attached hydrogen (secondary N) is 1. The first-order chi connectivity index (χ1) is 6.85. The number of hydrogen-bond donors (Lipinski definition) is 1. The van der Waals surface area contributed by atoms with Crippen LogP contribution in [0.3, 0.4) is 0 Å². The quantitative estimate of drug-likeness (QED) is 0.577. The number of nitrogens with zero attached hydrogens (tertiary/aromatic N) is 1. The van der Waals surface area contributed by atoms with E-state index < -0.39 is 0 Å². The highest BCUT2D eigenvalue weighted by Crippen LogP contribution is 1.95. The van der Waals surface area contributed by atoms with Crippen molar-refractivity contribution in [2.45, 2.75) is 45.6 Å². The highest BCUT2D eigenvalue weighted by atomic mass is 16.5. The zero-order chi connectivity index (χ0) is 10.6. The van der Waals surface area contributed by atoms with Gasteiger partial charge in [-0.3, -0.25) is 0 Å². The van der Waals surface area contributed by atoms with Gasteiger partial charge in [-0.2, -0.15) is 5.26 Å². The minimum atomic E-state index is 0.328. The Hall–Kier alpha value is -0.590. The van der Waals surface area contributed by atoms with Gasteiger partial charge in [-0.25, -0.2) is 0 Å². The molecule has 0 bridgehead atoms. The lowest BCUT2D eigenvalue weighted by atomic mass is 10.2. The Labute approximate surface area is 87.4 Å². The predicted octanol–water partition coefficient (Wildman–Crippen LogP) is 2.08. The predicted molar refractivity (Wildman–Crippen MR) is 58.0 cm³/mol. The molecule has 0 amide bonds. The summed E-state index contributed by atoms with van der Waals surface area (Å²) < 4.78 is 5.40. The van der Waals surface area contributed by atoms with Crippen LogP contribution in [0.15, 0.2) is 0 Å². The van der Waals surface area contributed by atoms with Gasteiger partial charge >= 0.3 is 0 Å². The normalized spacial score (nSPS) is 12.4. The third-order valence-corrected chi connectivity index (χ3v) is 2.15. The summed E-state index contributed by atoms with van der Waals surface area (Å²) in [5.74, 6) is 0. The summed E-state index contributed by atoms with van der Waals surface area (Å²) in [6.07, 6.45) is 3.91. The van der Waals surface area contributed by atoms with Crippen LogP contribution in [0.5, 0.6) is 0 Å². The SMILES string of the molecule is CCCCOCCNC(CC)CC#N. The fourth-order valence-corrected chi connectivity index (χ4v) is 1.15. The van der Waals surface area contributed by atoms with E-state index >= 15 is 0 Å². The molecule has 0 heterocycles. The minimum Gasteiger partial charge on any atom is -0.380 e. The van der Waals surface area contributed by atoms with Crippen LogP contribution >= 0.6 is 0 Å². The van der Waals surface area contributed by atoms with Crippen LogP contribution in [-0.2, 0) is 4.74 Å². The van der Waals surface area contributed by atoms with E-state index in [1.165, 1.54) is 6.42 Å². The van der Waals surface area contributed by atoms with Gasteiger partial charge in [0.05, 0.1) is 19.1 Å². The van der Waals surface area contributed by atoms with Gasteiger partial charge in [0.25, 0.3) is 0 Å². The molecule has 0 aliphatic heterocycles. The van der Waals surface area contributed by atoms with E-state index in [2.05, 4.69) is 25.2 Å². The smallest absolute Gasteiger partial charge is 0.0638 e. The lowest BCUT2D eigenvalue weighted by molar-refractivity contribution is 0.131. The molecule has 14 heavy (non-hydrogen) atoms. The topological polar surface area (TPSA) is 45.0 Å². The van der Waals surface area contributed by atoms with Gasteiger partial charge in [0.2, 0.25) is 0 Å². The van der Waals surface area contributed by atoms with Crippen LogP contribution in [0.4, 0.5) is 0 Å². The zero-order valence-electron chi connectivity index (χ0n) is 9.38. The molecule has 3 heteroatoms. The Morgan fingerprint density at radius 1 is 1.36 bits per heavy atom. The van der Waals surface area contributed by atoms with Crippen molar-refractivity contribution in [3.8, 4) is 6.07 Å².